The third kappa shape index (κ3) is 4.95. The molecule has 0 saturated carbocycles. The Morgan fingerprint density at radius 1 is 0.952 bits per heavy atom. The van der Waals surface area contributed by atoms with Crippen LogP contribution in [0.15, 0.2) is 65.7 Å². The molecule has 0 aromatic heterocycles. The highest BCUT2D eigenvalue weighted by molar-refractivity contribution is 5.79. The molecule has 0 aliphatic rings. The zero-order valence-corrected chi connectivity index (χ0v) is 12.8. The van der Waals surface area contributed by atoms with Gasteiger partial charge >= 0.3 is 0 Å². The van der Waals surface area contributed by atoms with Crippen LogP contribution >= 0.6 is 0 Å². The van der Waals surface area contributed by atoms with Gasteiger partial charge in [0.1, 0.15) is 0 Å². The highest BCUT2D eigenvalue weighted by atomic mass is 15.3. The summed E-state index contributed by atoms with van der Waals surface area (Å²) in [6.45, 7) is 1.74. The second-order valence-electron chi connectivity index (χ2n) is 5.05. The van der Waals surface area contributed by atoms with E-state index < -0.39 is 0 Å². The van der Waals surface area contributed by atoms with Gasteiger partial charge in [0, 0.05) is 27.2 Å². The van der Waals surface area contributed by atoms with E-state index >= 15 is 0 Å². The van der Waals surface area contributed by atoms with Crippen molar-refractivity contribution in [3.05, 3.63) is 71.8 Å². The summed E-state index contributed by atoms with van der Waals surface area (Å²) in [5.41, 5.74) is 2.62. The fourth-order valence-electron chi connectivity index (χ4n) is 2.28. The minimum Gasteiger partial charge on any atom is -0.356 e. The van der Waals surface area contributed by atoms with Crippen LogP contribution < -0.4 is 5.32 Å². The van der Waals surface area contributed by atoms with Gasteiger partial charge in [0.25, 0.3) is 0 Å². The van der Waals surface area contributed by atoms with Crippen molar-refractivity contribution in [2.24, 2.45) is 4.99 Å². The molecule has 0 fully saturated rings. The summed E-state index contributed by atoms with van der Waals surface area (Å²) in [5.74, 6) is 0.926. The van der Waals surface area contributed by atoms with Crippen LogP contribution in [0.25, 0.3) is 0 Å². The molecular formula is C18H23N3. The maximum absolute atomic E-state index is 4.35. The maximum Gasteiger partial charge on any atom is 0.193 e. The Balaban J connectivity index is 1.82. The van der Waals surface area contributed by atoms with Crippen molar-refractivity contribution in [1.29, 1.82) is 0 Å². The molecule has 0 unspecified atom stereocenters. The number of hydrogen-bond acceptors (Lipinski definition) is 1. The van der Waals surface area contributed by atoms with Crippen LogP contribution in [0.4, 0.5) is 0 Å². The molecule has 0 aliphatic carbocycles. The van der Waals surface area contributed by atoms with E-state index in [1.807, 2.05) is 19.2 Å². The standard InChI is InChI=1S/C18H23N3/c1-19-18(20-14-13-16-9-5-3-6-10-16)21(2)15-17-11-7-4-8-12-17/h3-12H,13-15H2,1-2H3,(H,19,20). The molecule has 2 aromatic carbocycles. The van der Waals surface area contributed by atoms with E-state index in [4.69, 9.17) is 0 Å². The molecular weight excluding hydrogens is 258 g/mol. The molecule has 0 heterocycles. The number of nitrogens with zero attached hydrogens (tertiary/aromatic N) is 2. The predicted molar refractivity (Wildman–Crippen MR) is 89.4 cm³/mol. The van der Waals surface area contributed by atoms with Gasteiger partial charge in [-0.25, -0.2) is 0 Å². The van der Waals surface area contributed by atoms with Crippen molar-refractivity contribution >= 4 is 5.96 Å². The first kappa shape index (κ1) is 15.1. The summed E-state index contributed by atoms with van der Waals surface area (Å²) < 4.78 is 0. The Morgan fingerprint density at radius 3 is 2.10 bits per heavy atom. The first-order valence-corrected chi connectivity index (χ1v) is 7.29. The van der Waals surface area contributed by atoms with Crippen LogP contribution in [-0.4, -0.2) is 31.5 Å². The topological polar surface area (TPSA) is 27.6 Å². The van der Waals surface area contributed by atoms with Crippen molar-refractivity contribution < 1.29 is 0 Å². The van der Waals surface area contributed by atoms with Crippen molar-refractivity contribution in [3.63, 3.8) is 0 Å². The molecule has 0 aliphatic heterocycles. The van der Waals surface area contributed by atoms with E-state index in [9.17, 15) is 0 Å². The van der Waals surface area contributed by atoms with Crippen molar-refractivity contribution in [2.75, 3.05) is 20.6 Å². The van der Waals surface area contributed by atoms with Gasteiger partial charge in [0.15, 0.2) is 5.96 Å². The molecule has 0 bridgehead atoms. The second kappa shape index (κ2) is 8.10. The number of nitrogens with one attached hydrogen (secondary N) is 1. The van der Waals surface area contributed by atoms with E-state index in [0.717, 1.165) is 25.5 Å². The van der Waals surface area contributed by atoms with E-state index in [-0.39, 0.29) is 0 Å². The van der Waals surface area contributed by atoms with Crippen LogP contribution in [0, 0.1) is 0 Å². The smallest absolute Gasteiger partial charge is 0.193 e. The normalized spacial score (nSPS) is 11.2. The van der Waals surface area contributed by atoms with Crippen LogP contribution in [0.3, 0.4) is 0 Å². The average molecular weight is 281 g/mol. The van der Waals surface area contributed by atoms with Crippen LogP contribution in [0.1, 0.15) is 11.1 Å². The first-order valence-electron chi connectivity index (χ1n) is 7.29. The molecule has 21 heavy (non-hydrogen) atoms. The lowest BCUT2D eigenvalue weighted by atomic mass is 10.1. The monoisotopic (exact) mass is 281 g/mol. The average Bonchev–Trinajstić information content (AvgIpc) is 2.53. The lowest BCUT2D eigenvalue weighted by Gasteiger charge is -2.22. The van der Waals surface area contributed by atoms with Crippen LogP contribution in [-0.2, 0) is 13.0 Å². The minimum absolute atomic E-state index is 0.853. The summed E-state index contributed by atoms with van der Waals surface area (Å²) in [6.07, 6.45) is 0.999. The zero-order chi connectivity index (χ0) is 14.9. The van der Waals surface area contributed by atoms with Gasteiger partial charge in [-0.1, -0.05) is 60.7 Å². The van der Waals surface area contributed by atoms with E-state index in [1.54, 1.807) is 0 Å². The Hall–Kier alpha value is -2.29. The molecule has 110 valence electrons. The number of guanidine groups is 1. The number of rotatable bonds is 5. The Bertz CT molecular complexity index is 549. The van der Waals surface area contributed by atoms with Gasteiger partial charge < -0.3 is 10.2 Å². The summed E-state index contributed by atoms with van der Waals surface area (Å²) in [6, 6.07) is 20.9. The van der Waals surface area contributed by atoms with Gasteiger partial charge in [-0.15, -0.1) is 0 Å². The summed E-state index contributed by atoms with van der Waals surface area (Å²) in [5, 5.41) is 3.41. The second-order valence-corrected chi connectivity index (χ2v) is 5.05. The first-order chi connectivity index (χ1) is 10.3. The highest BCUT2D eigenvalue weighted by Gasteiger charge is 2.05. The lowest BCUT2D eigenvalue weighted by Crippen LogP contribution is -2.39. The summed E-state index contributed by atoms with van der Waals surface area (Å²) in [7, 11) is 3.89. The van der Waals surface area contributed by atoms with E-state index in [1.165, 1.54) is 11.1 Å². The zero-order valence-electron chi connectivity index (χ0n) is 12.8. The Kier molecular flexibility index (Phi) is 5.83. The van der Waals surface area contributed by atoms with E-state index in [0.29, 0.717) is 0 Å². The van der Waals surface area contributed by atoms with Crippen molar-refractivity contribution in [1.82, 2.24) is 10.2 Å². The van der Waals surface area contributed by atoms with Gasteiger partial charge in [-0.2, -0.15) is 0 Å². The molecule has 0 radical (unpaired) electrons. The third-order valence-corrected chi connectivity index (χ3v) is 3.38. The molecule has 3 nitrogen and oxygen atoms in total. The number of benzene rings is 2. The Morgan fingerprint density at radius 2 is 1.52 bits per heavy atom. The molecule has 0 amide bonds. The fourth-order valence-corrected chi connectivity index (χ4v) is 2.28. The molecule has 2 aromatic rings. The molecule has 0 spiro atoms. The number of hydrogen-bond donors (Lipinski definition) is 1. The van der Waals surface area contributed by atoms with Gasteiger partial charge in [-0.3, -0.25) is 4.99 Å². The van der Waals surface area contributed by atoms with E-state index in [2.05, 4.69) is 70.8 Å². The molecule has 0 atom stereocenters. The summed E-state index contributed by atoms with van der Waals surface area (Å²) in [4.78, 5) is 6.49. The SMILES string of the molecule is CN=C(NCCc1ccccc1)N(C)Cc1ccccc1. The van der Waals surface area contributed by atoms with Crippen LogP contribution in [0.2, 0.25) is 0 Å². The maximum atomic E-state index is 4.35. The summed E-state index contributed by atoms with van der Waals surface area (Å²) >= 11 is 0. The Labute approximate surface area is 127 Å². The highest BCUT2D eigenvalue weighted by Crippen LogP contribution is 2.03. The molecule has 2 rings (SSSR count). The van der Waals surface area contributed by atoms with Crippen molar-refractivity contribution in [2.45, 2.75) is 13.0 Å². The van der Waals surface area contributed by atoms with Gasteiger partial charge in [-0.05, 0) is 17.5 Å². The van der Waals surface area contributed by atoms with Gasteiger partial charge in [0.2, 0.25) is 0 Å². The quantitative estimate of drug-likeness (QED) is 0.674. The lowest BCUT2D eigenvalue weighted by molar-refractivity contribution is 0.477. The molecule has 1 N–H and O–H groups in total. The fraction of sp³-hybridized carbons (Fsp3) is 0.278. The number of aliphatic imine (C=N–C) groups is 1. The molecule has 0 saturated heterocycles. The van der Waals surface area contributed by atoms with Crippen molar-refractivity contribution in [3.8, 4) is 0 Å². The largest absolute Gasteiger partial charge is 0.356 e. The van der Waals surface area contributed by atoms with Gasteiger partial charge in [0.05, 0.1) is 0 Å². The minimum atomic E-state index is 0.853. The molecule has 3 heteroatoms. The predicted octanol–water partition coefficient (Wildman–Crippen LogP) is 2.94. The van der Waals surface area contributed by atoms with Crippen LogP contribution in [0.5, 0.6) is 0 Å². The third-order valence-electron chi connectivity index (χ3n) is 3.38.